The summed E-state index contributed by atoms with van der Waals surface area (Å²) >= 11 is 6.12. The summed E-state index contributed by atoms with van der Waals surface area (Å²) in [7, 11) is -12.2. The quantitative estimate of drug-likeness (QED) is 0.0829. The van der Waals surface area contributed by atoms with Crippen LogP contribution in [-0.2, 0) is 30.4 Å². The molecule has 0 aliphatic carbocycles. The maximum Gasteiger partial charge on any atom is 1.00 e. The number of anilines is 2. The Kier molecular flexibility index (Phi) is 15.6. The first-order valence-electron chi connectivity index (χ1n) is 12.9. The minimum absolute atomic E-state index is 0. The molecule has 24 heteroatoms. The molecule has 0 fully saturated rings. The van der Waals surface area contributed by atoms with Gasteiger partial charge in [0.1, 0.15) is 36.6 Å². The van der Waals surface area contributed by atoms with E-state index >= 15 is 0 Å². The van der Waals surface area contributed by atoms with Gasteiger partial charge in [0.15, 0.2) is 5.82 Å². The summed E-state index contributed by atoms with van der Waals surface area (Å²) in [6.07, 6.45) is 0. The van der Waals surface area contributed by atoms with E-state index in [1.165, 1.54) is 55.5 Å². The SMILES string of the molecule is COc1ccc(N=Nc2c(S(=O)(=O)O)cc3cc(N(C)c4nc(Cl)nc(-c5ccc(S(=O)(=O)[O-])cc5)n4)ccc3c2[O-])c(S(=O)(=O)[O-])c1.[Na+].[Na+].[Na+]. The first-order valence-corrected chi connectivity index (χ1v) is 17.5. The van der Waals surface area contributed by atoms with E-state index in [1.807, 2.05) is 0 Å². The van der Waals surface area contributed by atoms with Gasteiger partial charge in [-0.1, -0.05) is 11.8 Å². The maximum absolute atomic E-state index is 13.4. The molecule has 0 spiro atoms. The van der Waals surface area contributed by atoms with Gasteiger partial charge in [-0.05, 0) is 83.0 Å². The third kappa shape index (κ3) is 10.4. The number of fused-ring (bicyclic) bond motifs is 1. The first-order chi connectivity index (χ1) is 22.4. The van der Waals surface area contributed by atoms with Gasteiger partial charge in [-0.2, -0.15) is 23.4 Å². The van der Waals surface area contributed by atoms with Gasteiger partial charge < -0.3 is 23.8 Å². The first kappa shape index (κ1) is 45.3. The van der Waals surface area contributed by atoms with Crippen molar-refractivity contribution < 1.29 is 137 Å². The average molecular weight is 803 g/mol. The van der Waals surface area contributed by atoms with Crippen LogP contribution in [-0.4, -0.2) is 68.0 Å². The zero-order valence-corrected chi connectivity index (χ0v) is 36.4. The third-order valence-corrected chi connectivity index (χ3v) is 9.42. The Hall–Kier alpha value is -1.83. The van der Waals surface area contributed by atoms with Crippen LogP contribution in [0.3, 0.4) is 0 Å². The molecule has 17 nitrogen and oxygen atoms in total. The molecule has 0 radical (unpaired) electrons. The summed E-state index contributed by atoms with van der Waals surface area (Å²) < 4.78 is 109. The monoisotopic (exact) mass is 802 g/mol. The van der Waals surface area contributed by atoms with E-state index < -0.39 is 62.2 Å². The molecule has 5 aromatic rings. The number of aromatic nitrogens is 3. The zero-order chi connectivity index (χ0) is 35.2. The van der Waals surface area contributed by atoms with Crippen LogP contribution in [0.5, 0.6) is 11.5 Å². The number of rotatable bonds is 9. The molecule has 5 rings (SSSR count). The van der Waals surface area contributed by atoms with E-state index in [1.54, 1.807) is 0 Å². The standard InChI is InChI=1S/C27H21ClN6O11S3.3Na/c1-34(27-30-25(29-26(28)31-27)14-3-7-18(8-4-14)46(36,37)38)16-5-9-19-15(11-16)12-22(48(42,43)44)23(24(19)35)33-32-20-10-6-17(45-2)13-21(20)47(39,40)41;;;/h3-13,35H,1-2H3,(H,36,37,38)(H,39,40,41)(H,42,43,44);;;/q;3*+1/p-3. The van der Waals surface area contributed by atoms with Crippen LogP contribution < -0.4 is 103 Å². The van der Waals surface area contributed by atoms with Crippen LogP contribution >= 0.6 is 11.6 Å². The summed E-state index contributed by atoms with van der Waals surface area (Å²) in [4.78, 5) is 11.5. The summed E-state index contributed by atoms with van der Waals surface area (Å²) in [6.45, 7) is 0. The van der Waals surface area contributed by atoms with Crippen LogP contribution in [0.25, 0.3) is 22.2 Å². The van der Waals surface area contributed by atoms with Crippen molar-refractivity contribution >= 4 is 75.7 Å². The molecule has 1 N–H and O–H groups in total. The molecule has 51 heavy (non-hydrogen) atoms. The van der Waals surface area contributed by atoms with Crippen LogP contribution in [0, 0.1) is 0 Å². The number of halogens is 1. The van der Waals surface area contributed by atoms with E-state index in [2.05, 4.69) is 25.2 Å². The number of hydrogen-bond donors (Lipinski definition) is 1. The van der Waals surface area contributed by atoms with Crippen molar-refractivity contribution in [2.24, 2.45) is 10.2 Å². The molecule has 0 aliphatic heterocycles. The molecule has 1 aromatic heterocycles. The Morgan fingerprint density at radius 1 is 0.804 bits per heavy atom. The van der Waals surface area contributed by atoms with Gasteiger partial charge in [-0.3, -0.25) is 4.55 Å². The Balaban J connectivity index is 0.00000300. The summed E-state index contributed by atoms with van der Waals surface area (Å²) in [5.74, 6) is -1.02. The van der Waals surface area contributed by atoms with E-state index in [0.29, 0.717) is 11.3 Å². The predicted octanol–water partition coefficient (Wildman–Crippen LogP) is -5.32. The van der Waals surface area contributed by atoms with Gasteiger partial charge in [0.25, 0.3) is 10.1 Å². The number of benzene rings is 4. The normalized spacial score (nSPS) is 11.7. The number of azo groups is 1. The van der Waals surface area contributed by atoms with Crippen LogP contribution in [0.15, 0.2) is 91.6 Å². The van der Waals surface area contributed by atoms with Gasteiger partial charge in [0.05, 0.1) is 22.6 Å². The maximum atomic E-state index is 13.4. The Bertz CT molecular complexity index is 2480. The average Bonchev–Trinajstić information content (AvgIpc) is 3.02. The van der Waals surface area contributed by atoms with Gasteiger partial charge in [0, 0.05) is 18.3 Å². The van der Waals surface area contributed by atoms with E-state index in [9.17, 15) is 44.0 Å². The van der Waals surface area contributed by atoms with Gasteiger partial charge in [0.2, 0.25) is 11.2 Å². The summed E-state index contributed by atoms with van der Waals surface area (Å²) in [5.41, 5.74) is -0.793. The van der Waals surface area contributed by atoms with Crippen molar-refractivity contribution in [3.8, 4) is 22.9 Å². The number of methoxy groups -OCH3 is 1. The van der Waals surface area contributed by atoms with Crippen LogP contribution in [0.1, 0.15) is 0 Å². The van der Waals surface area contributed by atoms with E-state index in [-0.39, 0.29) is 122 Å². The Morgan fingerprint density at radius 3 is 2.02 bits per heavy atom. The fraction of sp³-hybridized carbons (Fsp3) is 0.0741. The van der Waals surface area contributed by atoms with Gasteiger partial charge >= 0.3 is 88.7 Å². The number of ether oxygens (including phenoxy) is 1. The Labute approximate surface area is 362 Å². The van der Waals surface area contributed by atoms with Crippen LogP contribution in [0.4, 0.5) is 23.0 Å². The molecule has 0 amide bonds. The topological polar surface area (TPSA) is 268 Å². The minimum Gasteiger partial charge on any atom is -0.871 e. The molecule has 1 heterocycles. The molecule has 0 atom stereocenters. The van der Waals surface area contributed by atoms with Crippen molar-refractivity contribution in [1.82, 2.24) is 15.0 Å². The van der Waals surface area contributed by atoms with Gasteiger partial charge in [-0.15, -0.1) is 10.2 Å². The molecule has 250 valence electrons. The molecular formula is C27H18ClN6Na3O11S3. The van der Waals surface area contributed by atoms with Crippen molar-refractivity contribution in [3.05, 3.63) is 72.0 Å². The molecular weight excluding hydrogens is 785 g/mol. The summed E-state index contributed by atoms with van der Waals surface area (Å²) in [6, 6.07) is 13.0. The summed E-state index contributed by atoms with van der Waals surface area (Å²) in [5, 5.41) is 20.4. The van der Waals surface area contributed by atoms with Crippen molar-refractivity contribution in [2.75, 3.05) is 19.1 Å². The number of hydrogen-bond acceptors (Lipinski definition) is 16. The molecule has 4 aromatic carbocycles. The Morgan fingerprint density at radius 2 is 1.45 bits per heavy atom. The van der Waals surface area contributed by atoms with Crippen molar-refractivity contribution in [3.63, 3.8) is 0 Å². The van der Waals surface area contributed by atoms with Crippen molar-refractivity contribution in [1.29, 1.82) is 0 Å². The van der Waals surface area contributed by atoms with E-state index in [0.717, 1.165) is 30.3 Å². The third-order valence-electron chi connectivity index (χ3n) is 6.67. The second-order valence-corrected chi connectivity index (χ2v) is 14.1. The minimum atomic E-state index is -5.12. The second kappa shape index (κ2) is 17.5. The number of nitrogens with zero attached hydrogens (tertiary/aromatic N) is 6. The smallest absolute Gasteiger partial charge is 0.871 e. The molecule has 0 unspecified atom stereocenters. The molecule has 0 bridgehead atoms. The zero-order valence-electron chi connectivity index (χ0n) is 27.2. The second-order valence-electron chi connectivity index (χ2n) is 9.69. The molecule has 0 aliphatic rings. The fourth-order valence-corrected chi connectivity index (χ4v) is 6.24. The van der Waals surface area contributed by atoms with E-state index in [4.69, 9.17) is 16.3 Å². The van der Waals surface area contributed by atoms with Crippen LogP contribution in [0.2, 0.25) is 5.28 Å². The predicted molar refractivity (Wildman–Crippen MR) is 165 cm³/mol. The molecule has 0 saturated heterocycles. The fourth-order valence-electron chi connectivity index (χ4n) is 4.34. The molecule has 0 saturated carbocycles. The largest absolute Gasteiger partial charge is 1.00 e. The van der Waals surface area contributed by atoms with Crippen molar-refractivity contribution in [2.45, 2.75) is 14.7 Å². The van der Waals surface area contributed by atoms with Gasteiger partial charge in [-0.25, -0.2) is 16.8 Å².